The summed E-state index contributed by atoms with van der Waals surface area (Å²) in [5, 5.41) is 17.2. The minimum Gasteiger partial charge on any atom is -0.479 e. The van der Waals surface area contributed by atoms with E-state index in [-0.39, 0.29) is 0 Å². The molecule has 82 valence electrons. The Bertz CT molecular complexity index is 321. The zero-order valence-electron chi connectivity index (χ0n) is 7.88. The van der Waals surface area contributed by atoms with E-state index in [9.17, 15) is 18.3 Å². The van der Waals surface area contributed by atoms with Gasteiger partial charge in [-0.1, -0.05) is 6.42 Å². The molecule has 14 heavy (non-hydrogen) atoms. The van der Waals surface area contributed by atoms with E-state index in [0.29, 0.717) is 19.3 Å². The maximum atomic E-state index is 11.3. The maximum absolute atomic E-state index is 11.3. The van der Waals surface area contributed by atoms with E-state index in [2.05, 4.69) is 0 Å². The topological polar surface area (TPSA) is 91.7 Å². The van der Waals surface area contributed by atoms with Crippen LogP contribution < -0.4 is 0 Å². The number of aliphatic carboxylic acids is 1. The summed E-state index contributed by atoms with van der Waals surface area (Å²) in [6, 6.07) is 0. The molecule has 0 bridgehead atoms. The van der Waals surface area contributed by atoms with E-state index in [1.54, 1.807) is 0 Å². The zero-order chi connectivity index (χ0) is 10.9. The van der Waals surface area contributed by atoms with Crippen LogP contribution in [0.4, 0.5) is 0 Å². The molecule has 2 N–H and O–H groups in total. The van der Waals surface area contributed by atoms with Crippen LogP contribution in [0.25, 0.3) is 0 Å². The number of carbonyl (C=O) groups is 1. The minimum atomic E-state index is -3.25. The molecule has 1 aliphatic rings. The fourth-order valence-corrected chi connectivity index (χ4v) is 3.55. The second-order valence-corrected chi connectivity index (χ2v) is 6.01. The van der Waals surface area contributed by atoms with Gasteiger partial charge in [0.1, 0.15) is 0 Å². The van der Waals surface area contributed by atoms with Gasteiger partial charge in [-0.05, 0) is 12.8 Å². The van der Waals surface area contributed by atoms with Gasteiger partial charge in [0.2, 0.25) is 0 Å². The summed E-state index contributed by atoms with van der Waals surface area (Å²) in [4.78, 5) is 10.5. The van der Waals surface area contributed by atoms with E-state index in [1.807, 2.05) is 0 Å². The number of aliphatic hydroxyl groups is 1. The summed E-state index contributed by atoms with van der Waals surface area (Å²) >= 11 is 0. The molecule has 5 nitrogen and oxygen atoms in total. The van der Waals surface area contributed by atoms with E-state index < -0.39 is 33.1 Å². The third-order valence-corrected chi connectivity index (χ3v) is 4.40. The Labute approximate surface area is 82.7 Å². The fraction of sp³-hybridized carbons (Fsp3) is 0.875. The van der Waals surface area contributed by atoms with Crippen LogP contribution in [0.1, 0.15) is 19.3 Å². The van der Waals surface area contributed by atoms with E-state index >= 15 is 0 Å². The first-order valence-corrected chi connectivity index (χ1v) is 6.39. The highest BCUT2D eigenvalue weighted by Crippen LogP contribution is 2.33. The predicted molar refractivity (Wildman–Crippen MR) is 49.6 cm³/mol. The molecular weight excluding hydrogens is 208 g/mol. The van der Waals surface area contributed by atoms with Crippen molar-refractivity contribution in [2.45, 2.75) is 30.6 Å². The van der Waals surface area contributed by atoms with Crippen molar-refractivity contribution < 1.29 is 23.4 Å². The zero-order valence-corrected chi connectivity index (χ0v) is 8.70. The van der Waals surface area contributed by atoms with Crippen LogP contribution in [0.2, 0.25) is 0 Å². The third-order valence-electron chi connectivity index (χ3n) is 2.71. The number of hydrogen-bond acceptors (Lipinski definition) is 4. The van der Waals surface area contributed by atoms with Gasteiger partial charge < -0.3 is 10.2 Å². The van der Waals surface area contributed by atoms with Gasteiger partial charge in [0.25, 0.3) is 0 Å². The molecule has 1 rings (SSSR count). The van der Waals surface area contributed by atoms with Gasteiger partial charge in [-0.3, -0.25) is 0 Å². The normalized spacial score (nSPS) is 30.1. The number of sulfone groups is 1. The Hall–Kier alpha value is -0.620. The number of aliphatic hydroxyl groups excluding tert-OH is 1. The molecule has 0 amide bonds. The van der Waals surface area contributed by atoms with Gasteiger partial charge in [0, 0.05) is 12.2 Å². The van der Waals surface area contributed by atoms with Crippen LogP contribution in [-0.4, -0.2) is 42.2 Å². The van der Waals surface area contributed by atoms with Crippen LogP contribution >= 0.6 is 0 Å². The molecule has 0 heterocycles. The summed E-state index contributed by atoms with van der Waals surface area (Å²) < 4.78 is 22.5. The first kappa shape index (κ1) is 11.5. The lowest BCUT2D eigenvalue weighted by Gasteiger charge is -2.20. The highest BCUT2D eigenvalue weighted by atomic mass is 32.2. The summed E-state index contributed by atoms with van der Waals surface area (Å²) in [6.45, 7) is 0. The Morgan fingerprint density at radius 3 is 2.43 bits per heavy atom. The summed E-state index contributed by atoms with van der Waals surface area (Å²) in [5.74, 6) is -1.99. The Morgan fingerprint density at radius 2 is 2.00 bits per heavy atom. The molecule has 0 radical (unpaired) electrons. The van der Waals surface area contributed by atoms with E-state index in [4.69, 9.17) is 5.11 Å². The standard InChI is InChI=1S/C8H14O5S/c1-14(12,13)6-4-2-3-5(6)7(9)8(10)11/h5-7,9H,2-4H2,1H3,(H,10,11). The third kappa shape index (κ3) is 2.24. The van der Waals surface area contributed by atoms with Crippen LogP contribution in [0, 0.1) is 5.92 Å². The van der Waals surface area contributed by atoms with Crippen molar-refractivity contribution in [3.8, 4) is 0 Å². The molecule has 3 atom stereocenters. The average molecular weight is 222 g/mol. The van der Waals surface area contributed by atoms with Crippen molar-refractivity contribution in [3.63, 3.8) is 0 Å². The molecule has 0 spiro atoms. The van der Waals surface area contributed by atoms with Crippen LogP contribution in [-0.2, 0) is 14.6 Å². The molecule has 1 aliphatic carbocycles. The van der Waals surface area contributed by atoms with Gasteiger partial charge in [0.05, 0.1) is 5.25 Å². The van der Waals surface area contributed by atoms with Crippen molar-refractivity contribution in [1.82, 2.24) is 0 Å². The van der Waals surface area contributed by atoms with Crippen molar-refractivity contribution in [2.75, 3.05) is 6.26 Å². The number of rotatable bonds is 3. The summed E-state index contributed by atoms with van der Waals surface area (Å²) in [7, 11) is -3.25. The summed E-state index contributed by atoms with van der Waals surface area (Å²) in [6.07, 6.45) is 1.10. The van der Waals surface area contributed by atoms with Crippen molar-refractivity contribution >= 4 is 15.8 Å². The number of hydrogen-bond donors (Lipinski definition) is 2. The molecule has 6 heteroatoms. The quantitative estimate of drug-likeness (QED) is 0.680. The van der Waals surface area contributed by atoms with Crippen LogP contribution in [0.3, 0.4) is 0 Å². The second-order valence-electron chi connectivity index (χ2n) is 3.75. The van der Waals surface area contributed by atoms with Gasteiger partial charge in [0.15, 0.2) is 15.9 Å². The van der Waals surface area contributed by atoms with Crippen molar-refractivity contribution in [3.05, 3.63) is 0 Å². The van der Waals surface area contributed by atoms with E-state index in [0.717, 1.165) is 6.26 Å². The molecule has 0 aromatic rings. The molecule has 0 aromatic heterocycles. The molecule has 0 aromatic carbocycles. The average Bonchev–Trinajstić information content (AvgIpc) is 2.48. The highest BCUT2D eigenvalue weighted by Gasteiger charge is 2.41. The van der Waals surface area contributed by atoms with Crippen molar-refractivity contribution in [1.29, 1.82) is 0 Å². The Kier molecular flexibility index (Phi) is 3.16. The molecule has 3 unspecified atom stereocenters. The van der Waals surface area contributed by atoms with Crippen LogP contribution in [0.15, 0.2) is 0 Å². The summed E-state index contributed by atoms with van der Waals surface area (Å²) in [5.41, 5.74) is 0. The number of carboxylic acid groups (broad SMARTS) is 1. The lowest BCUT2D eigenvalue weighted by Crippen LogP contribution is -2.37. The lowest BCUT2D eigenvalue weighted by molar-refractivity contribution is -0.149. The highest BCUT2D eigenvalue weighted by molar-refractivity contribution is 7.91. The SMILES string of the molecule is CS(=O)(=O)C1CCCC1C(O)C(=O)O. The maximum Gasteiger partial charge on any atom is 0.332 e. The molecular formula is C8H14O5S. The fourth-order valence-electron chi connectivity index (χ4n) is 2.03. The first-order chi connectivity index (χ1) is 6.34. The minimum absolute atomic E-state index is 0.452. The monoisotopic (exact) mass is 222 g/mol. The first-order valence-electron chi connectivity index (χ1n) is 4.44. The second kappa shape index (κ2) is 3.86. The van der Waals surface area contributed by atoms with Gasteiger partial charge in [-0.25, -0.2) is 13.2 Å². The number of carboxylic acids is 1. The smallest absolute Gasteiger partial charge is 0.332 e. The molecule has 0 saturated heterocycles. The predicted octanol–water partition coefficient (Wildman–Crippen LogP) is -0.355. The van der Waals surface area contributed by atoms with Crippen molar-refractivity contribution in [2.24, 2.45) is 5.92 Å². The Morgan fingerprint density at radius 1 is 1.43 bits per heavy atom. The largest absolute Gasteiger partial charge is 0.479 e. The van der Waals surface area contributed by atoms with E-state index in [1.165, 1.54) is 0 Å². The molecule has 1 fully saturated rings. The van der Waals surface area contributed by atoms with Gasteiger partial charge >= 0.3 is 5.97 Å². The van der Waals surface area contributed by atoms with Gasteiger partial charge in [-0.15, -0.1) is 0 Å². The van der Waals surface area contributed by atoms with Crippen LogP contribution in [0.5, 0.6) is 0 Å². The molecule has 0 aliphatic heterocycles. The lowest BCUT2D eigenvalue weighted by atomic mass is 10.0. The Balaban J connectivity index is 2.84. The van der Waals surface area contributed by atoms with Gasteiger partial charge in [-0.2, -0.15) is 0 Å². The molecule has 1 saturated carbocycles.